The molecule has 1 aliphatic carbocycles. The summed E-state index contributed by atoms with van der Waals surface area (Å²) in [7, 11) is 0. The molecule has 2 aromatic heterocycles. The second-order valence-corrected chi connectivity index (χ2v) is 4.85. The quantitative estimate of drug-likeness (QED) is 0.733. The van der Waals surface area contributed by atoms with Gasteiger partial charge >= 0.3 is 6.03 Å². The lowest BCUT2D eigenvalue weighted by Gasteiger charge is -2.16. The standard InChI is InChI=1S/C11H15N7O/c19-10(16-9-13-8-14-17-9)12-6-11(2-3-11)7-18-5-1-4-15-18/h1,4-5,8H,2-3,6-7H2,(H3,12,13,14,16,17,19). The van der Waals surface area contributed by atoms with Crippen molar-refractivity contribution >= 4 is 12.0 Å². The van der Waals surface area contributed by atoms with E-state index in [0.29, 0.717) is 12.5 Å². The highest BCUT2D eigenvalue weighted by atomic mass is 16.2. The van der Waals surface area contributed by atoms with Gasteiger partial charge in [-0.1, -0.05) is 0 Å². The summed E-state index contributed by atoms with van der Waals surface area (Å²) in [6, 6.07) is 1.63. The molecule has 1 fully saturated rings. The van der Waals surface area contributed by atoms with Gasteiger partial charge in [-0.15, -0.1) is 0 Å². The predicted molar refractivity (Wildman–Crippen MR) is 67.3 cm³/mol. The molecule has 2 amide bonds. The zero-order valence-corrected chi connectivity index (χ0v) is 10.3. The molecule has 0 aliphatic heterocycles. The number of aromatic nitrogens is 5. The van der Waals surface area contributed by atoms with Crippen molar-refractivity contribution in [3.05, 3.63) is 24.8 Å². The van der Waals surface area contributed by atoms with E-state index in [-0.39, 0.29) is 11.4 Å². The van der Waals surface area contributed by atoms with Crippen LogP contribution in [0.2, 0.25) is 0 Å². The summed E-state index contributed by atoms with van der Waals surface area (Å²) in [5, 5.41) is 15.9. The Balaban J connectivity index is 1.48. The minimum atomic E-state index is -0.275. The fraction of sp³-hybridized carbons (Fsp3) is 0.455. The second-order valence-electron chi connectivity index (χ2n) is 4.85. The Hall–Kier alpha value is -2.38. The number of hydrogen-bond donors (Lipinski definition) is 3. The van der Waals surface area contributed by atoms with Crippen molar-refractivity contribution in [1.29, 1.82) is 0 Å². The molecule has 0 unspecified atom stereocenters. The van der Waals surface area contributed by atoms with Gasteiger partial charge in [-0.2, -0.15) is 15.2 Å². The first-order valence-corrected chi connectivity index (χ1v) is 6.13. The molecule has 8 heteroatoms. The third-order valence-corrected chi connectivity index (χ3v) is 3.28. The maximum atomic E-state index is 11.7. The lowest BCUT2D eigenvalue weighted by molar-refractivity contribution is 0.247. The topological polar surface area (TPSA) is 101 Å². The van der Waals surface area contributed by atoms with E-state index < -0.39 is 0 Å². The molecule has 0 saturated heterocycles. The van der Waals surface area contributed by atoms with Crippen molar-refractivity contribution < 1.29 is 4.79 Å². The van der Waals surface area contributed by atoms with Crippen molar-refractivity contribution in [3.8, 4) is 0 Å². The average molecular weight is 261 g/mol. The summed E-state index contributed by atoms with van der Waals surface area (Å²) in [5.74, 6) is 0.342. The predicted octanol–water partition coefficient (Wildman–Crippen LogP) is 0.603. The molecule has 0 atom stereocenters. The molecule has 0 bridgehead atoms. The zero-order valence-electron chi connectivity index (χ0n) is 10.3. The van der Waals surface area contributed by atoms with E-state index in [0.717, 1.165) is 19.4 Å². The SMILES string of the molecule is O=C(NCC1(Cn2cccn2)CC1)Nc1ncn[nH]1. The van der Waals surface area contributed by atoms with Crippen LogP contribution >= 0.6 is 0 Å². The van der Waals surface area contributed by atoms with E-state index in [1.54, 1.807) is 6.20 Å². The van der Waals surface area contributed by atoms with Crippen molar-refractivity contribution in [1.82, 2.24) is 30.3 Å². The van der Waals surface area contributed by atoms with Gasteiger partial charge in [-0.25, -0.2) is 9.89 Å². The smallest absolute Gasteiger partial charge is 0.321 e. The van der Waals surface area contributed by atoms with Crippen LogP contribution in [0.25, 0.3) is 0 Å². The van der Waals surface area contributed by atoms with Crippen LogP contribution in [0.15, 0.2) is 24.8 Å². The summed E-state index contributed by atoms with van der Waals surface area (Å²) < 4.78 is 1.91. The fourth-order valence-electron chi connectivity index (χ4n) is 1.99. The number of anilines is 1. The third kappa shape index (κ3) is 2.90. The van der Waals surface area contributed by atoms with Crippen LogP contribution < -0.4 is 10.6 Å². The van der Waals surface area contributed by atoms with Gasteiger partial charge in [0.25, 0.3) is 0 Å². The number of carbonyl (C=O) groups excluding carboxylic acids is 1. The summed E-state index contributed by atoms with van der Waals surface area (Å²) in [4.78, 5) is 15.5. The lowest BCUT2D eigenvalue weighted by Crippen LogP contribution is -2.35. The maximum Gasteiger partial charge on any atom is 0.321 e. The molecule has 0 aromatic carbocycles. The van der Waals surface area contributed by atoms with Gasteiger partial charge in [0.05, 0.1) is 0 Å². The number of rotatable bonds is 5. The summed E-state index contributed by atoms with van der Waals surface area (Å²) in [6.07, 6.45) is 7.26. The Kier molecular flexibility index (Phi) is 2.90. The number of carbonyl (C=O) groups is 1. The highest BCUT2D eigenvalue weighted by Gasteiger charge is 2.43. The molecule has 3 rings (SSSR count). The maximum absolute atomic E-state index is 11.7. The number of nitrogens with one attached hydrogen (secondary N) is 3. The molecule has 19 heavy (non-hydrogen) atoms. The molecular formula is C11H15N7O. The van der Waals surface area contributed by atoms with Gasteiger partial charge in [-0.3, -0.25) is 10.00 Å². The van der Waals surface area contributed by atoms with Gasteiger partial charge in [0.1, 0.15) is 6.33 Å². The van der Waals surface area contributed by atoms with Gasteiger partial charge in [-0.05, 0) is 18.9 Å². The van der Waals surface area contributed by atoms with E-state index in [1.807, 2.05) is 16.9 Å². The van der Waals surface area contributed by atoms with Gasteiger partial charge < -0.3 is 5.32 Å². The summed E-state index contributed by atoms with van der Waals surface area (Å²) in [6.45, 7) is 1.47. The van der Waals surface area contributed by atoms with Gasteiger partial charge in [0.2, 0.25) is 5.95 Å². The van der Waals surface area contributed by atoms with E-state index >= 15 is 0 Å². The molecular weight excluding hydrogens is 246 g/mol. The molecule has 2 heterocycles. The summed E-state index contributed by atoms with van der Waals surface area (Å²) >= 11 is 0. The number of amides is 2. The normalized spacial score (nSPS) is 16.0. The molecule has 1 saturated carbocycles. The van der Waals surface area contributed by atoms with Crippen molar-refractivity contribution in [3.63, 3.8) is 0 Å². The molecule has 1 aliphatic rings. The van der Waals surface area contributed by atoms with Crippen LogP contribution in [0, 0.1) is 5.41 Å². The first kappa shape index (κ1) is 11.7. The van der Waals surface area contributed by atoms with Crippen LogP contribution in [0.1, 0.15) is 12.8 Å². The number of aromatic amines is 1. The summed E-state index contributed by atoms with van der Waals surface area (Å²) in [5.41, 5.74) is 0.144. The van der Waals surface area contributed by atoms with Gasteiger partial charge in [0, 0.05) is 30.9 Å². The Morgan fingerprint density at radius 1 is 1.53 bits per heavy atom. The Morgan fingerprint density at radius 3 is 3.05 bits per heavy atom. The Morgan fingerprint density at radius 2 is 2.42 bits per heavy atom. The lowest BCUT2D eigenvalue weighted by atomic mass is 10.1. The molecule has 8 nitrogen and oxygen atoms in total. The minimum Gasteiger partial charge on any atom is -0.337 e. The number of urea groups is 1. The van der Waals surface area contributed by atoms with E-state index in [4.69, 9.17) is 0 Å². The van der Waals surface area contributed by atoms with Crippen LogP contribution in [-0.2, 0) is 6.54 Å². The average Bonchev–Trinajstić information content (AvgIpc) is 2.84. The van der Waals surface area contributed by atoms with Crippen LogP contribution in [0.3, 0.4) is 0 Å². The third-order valence-electron chi connectivity index (χ3n) is 3.28. The number of hydrogen-bond acceptors (Lipinski definition) is 4. The van der Waals surface area contributed by atoms with Crippen LogP contribution in [0.5, 0.6) is 0 Å². The zero-order chi connectivity index (χ0) is 13.1. The van der Waals surface area contributed by atoms with Crippen LogP contribution in [-0.4, -0.2) is 37.5 Å². The molecule has 100 valence electrons. The monoisotopic (exact) mass is 261 g/mol. The van der Waals surface area contributed by atoms with E-state index in [9.17, 15) is 4.79 Å². The molecule has 0 radical (unpaired) electrons. The fourth-order valence-corrected chi connectivity index (χ4v) is 1.99. The highest BCUT2D eigenvalue weighted by Crippen LogP contribution is 2.46. The van der Waals surface area contributed by atoms with Crippen molar-refractivity contribution in [2.45, 2.75) is 19.4 Å². The van der Waals surface area contributed by atoms with Gasteiger partial charge in [0.15, 0.2) is 0 Å². The Bertz CT molecular complexity index is 529. The number of nitrogens with zero attached hydrogens (tertiary/aromatic N) is 4. The van der Waals surface area contributed by atoms with Crippen molar-refractivity contribution in [2.24, 2.45) is 5.41 Å². The highest BCUT2D eigenvalue weighted by molar-refractivity contribution is 5.87. The molecule has 0 spiro atoms. The minimum absolute atomic E-state index is 0.144. The second kappa shape index (κ2) is 4.71. The van der Waals surface area contributed by atoms with Crippen molar-refractivity contribution in [2.75, 3.05) is 11.9 Å². The molecule has 3 N–H and O–H groups in total. The first-order valence-electron chi connectivity index (χ1n) is 6.13. The van der Waals surface area contributed by atoms with E-state index in [1.165, 1.54) is 6.33 Å². The number of H-pyrrole nitrogens is 1. The Labute approximate surface area is 109 Å². The first-order chi connectivity index (χ1) is 9.26. The largest absolute Gasteiger partial charge is 0.337 e. The molecule has 2 aromatic rings. The van der Waals surface area contributed by atoms with E-state index in [2.05, 4.69) is 30.9 Å². The van der Waals surface area contributed by atoms with Crippen LogP contribution in [0.4, 0.5) is 10.7 Å².